The first kappa shape index (κ1) is 56.8. The van der Waals surface area contributed by atoms with E-state index in [2.05, 4.69) is 26.0 Å². The van der Waals surface area contributed by atoms with Gasteiger partial charge >= 0.3 is 19.8 Å². The van der Waals surface area contributed by atoms with Crippen LogP contribution >= 0.6 is 7.82 Å². The van der Waals surface area contributed by atoms with Gasteiger partial charge in [-0.1, -0.05) is 219 Å². The van der Waals surface area contributed by atoms with E-state index in [1.54, 1.807) is 0 Å². The SMILES string of the molecule is CCCCCCCCCCCCCCCCCCCC/C=C/CCCC(=O)O[C@H](COC(=O)CCCCCCCCCCCCCCCC)COP(=O)(O)OCCN. The van der Waals surface area contributed by atoms with Crippen molar-refractivity contribution in [1.82, 2.24) is 0 Å². The molecule has 0 fully saturated rings. The maximum atomic E-state index is 12.6. The second kappa shape index (κ2) is 45.3. The molecule has 58 heavy (non-hydrogen) atoms. The summed E-state index contributed by atoms with van der Waals surface area (Å²) >= 11 is 0. The number of phosphoric ester groups is 1. The van der Waals surface area contributed by atoms with Crippen LogP contribution in [-0.4, -0.2) is 49.3 Å². The summed E-state index contributed by atoms with van der Waals surface area (Å²) in [5, 5.41) is 0. The van der Waals surface area contributed by atoms with Gasteiger partial charge in [-0.25, -0.2) is 4.57 Å². The van der Waals surface area contributed by atoms with Gasteiger partial charge in [-0.2, -0.15) is 0 Å². The molecule has 0 aromatic heterocycles. The molecule has 0 heterocycles. The van der Waals surface area contributed by atoms with Crippen LogP contribution in [0.1, 0.15) is 251 Å². The van der Waals surface area contributed by atoms with Gasteiger partial charge in [0.2, 0.25) is 0 Å². The van der Waals surface area contributed by atoms with Crippen LogP contribution in [0.2, 0.25) is 0 Å². The summed E-state index contributed by atoms with van der Waals surface area (Å²) in [6.45, 7) is 3.75. The number of carbonyl (C=O) groups excluding carboxylic acids is 2. The molecule has 0 aliphatic carbocycles. The van der Waals surface area contributed by atoms with Crippen LogP contribution in [0, 0.1) is 0 Å². The summed E-state index contributed by atoms with van der Waals surface area (Å²) in [6, 6.07) is 0. The summed E-state index contributed by atoms with van der Waals surface area (Å²) in [6.07, 6.45) is 48.3. The Labute approximate surface area is 358 Å². The van der Waals surface area contributed by atoms with Gasteiger partial charge < -0.3 is 20.1 Å². The topological polar surface area (TPSA) is 134 Å². The number of allylic oxidation sites excluding steroid dienone is 2. The van der Waals surface area contributed by atoms with Gasteiger partial charge in [-0.15, -0.1) is 0 Å². The van der Waals surface area contributed by atoms with Crippen molar-refractivity contribution < 1.29 is 37.6 Å². The van der Waals surface area contributed by atoms with Gasteiger partial charge in [0.1, 0.15) is 6.61 Å². The predicted octanol–water partition coefficient (Wildman–Crippen LogP) is 14.6. The minimum Gasteiger partial charge on any atom is -0.462 e. The Morgan fingerprint density at radius 1 is 0.500 bits per heavy atom. The quantitative estimate of drug-likeness (QED) is 0.0266. The van der Waals surface area contributed by atoms with Crippen molar-refractivity contribution in [2.45, 2.75) is 258 Å². The third-order valence-corrected chi connectivity index (χ3v) is 11.9. The first-order chi connectivity index (χ1) is 28.3. The maximum Gasteiger partial charge on any atom is 0.472 e. The first-order valence-corrected chi connectivity index (χ1v) is 26.2. The average Bonchev–Trinajstić information content (AvgIpc) is 3.21. The number of phosphoric acid groups is 1. The van der Waals surface area contributed by atoms with Gasteiger partial charge in [0.05, 0.1) is 13.2 Å². The molecule has 9 nitrogen and oxygen atoms in total. The van der Waals surface area contributed by atoms with E-state index in [1.165, 1.54) is 186 Å². The Morgan fingerprint density at radius 3 is 1.28 bits per heavy atom. The fourth-order valence-corrected chi connectivity index (χ4v) is 7.99. The summed E-state index contributed by atoms with van der Waals surface area (Å²) < 4.78 is 32.8. The molecule has 0 radical (unpaired) electrons. The molecule has 10 heteroatoms. The van der Waals surface area contributed by atoms with Crippen molar-refractivity contribution in [3.8, 4) is 0 Å². The normalized spacial score (nSPS) is 13.2. The second-order valence-electron chi connectivity index (χ2n) is 16.7. The third-order valence-electron chi connectivity index (χ3n) is 10.9. The summed E-state index contributed by atoms with van der Waals surface area (Å²) in [4.78, 5) is 34.9. The molecule has 0 saturated heterocycles. The molecule has 1 unspecified atom stereocenters. The second-order valence-corrected chi connectivity index (χ2v) is 18.1. The van der Waals surface area contributed by atoms with Crippen LogP contribution in [0.15, 0.2) is 12.2 Å². The molecule has 2 atom stereocenters. The Bertz CT molecular complexity index is 964. The molecule has 0 aliphatic heterocycles. The summed E-state index contributed by atoms with van der Waals surface area (Å²) in [5.74, 6) is -0.851. The lowest BCUT2D eigenvalue weighted by Gasteiger charge is -2.19. The third kappa shape index (κ3) is 44.3. The number of unbranched alkanes of at least 4 members (excludes halogenated alkanes) is 32. The standard InChI is InChI=1S/C48H94NO8P/c1-3-5-7-9-11-13-15-17-19-20-21-22-23-24-25-26-27-29-31-33-35-37-39-41-48(51)57-46(45-56-58(52,53)55-43-42-49)44-54-47(50)40-38-36-34-32-30-28-18-16-14-12-10-8-6-4-2/h33,35,46H,3-32,34,36-45,49H2,1-2H3,(H,52,53)/b35-33+/t46-/m1/s1. The molecule has 3 N–H and O–H groups in total. The number of rotatable bonds is 47. The van der Waals surface area contributed by atoms with Crippen molar-refractivity contribution in [1.29, 1.82) is 0 Å². The van der Waals surface area contributed by atoms with Crippen LogP contribution in [0.5, 0.6) is 0 Å². The Hall–Kier alpha value is -1.25. The van der Waals surface area contributed by atoms with E-state index in [4.69, 9.17) is 24.3 Å². The molecule has 0 spiro atoms. The van der Waals surface area contributed by atoms with E-state index in [0.717, 1.165) is 32.1 Å². The molecule has 344 valence electrons. The van der Waals surface area contributed by atoms with Gasteiger partial charge in [0.15, 0.2) is 6.10 Å². The monoisotopic (exact) mass is 844 g/mol. The van der Waals surface area contributed by atoms with Crippen molar-refractivity contribution >= 4 is 19.8 Å². The Morgan fingerprint density at radius 2 is 0.862 bits per heavy atom. The molecule has 0 bridgehead atoms. The minimum atomic E-state index is -4.38. The summed E-state index contributed by atoms with van der Waals surface area (Å²) in [7, 11) is -4.38. The van der Waals surface area contributed by atoms with Crippen LogP contribution in [0.25, 0.3) is 0 Å². The van der Waals surface area contributed by atoms with Crippen LogP contribution in [0.3, 0.4) is 0 Å². The highest BCUT2D eigenvalue weighted by Gasteiger charge is 2.26. The van der Waals surface area contributed by atoms with E-state index < -0.39 is 26.5 Å². The number of esters is 2. The zero-order valence-electron chi connectivity index (χ0n) is 38.1. The Kier molecular flexibility index (Phi) is 44.3. The number of hydrogen-bond acceptors (Lipinski definition) is 8. The number of ether oxygens (including phenoxy) is 2. The molecular formula is C48H94NO8P. The van der Waals surface area contributed by atoms with Crippen LogP contribution in [0.4, 0.5) is 0 Å². The van der Waals surface area contributed by atoms with Crippen molar-refractivity contribution in [2.24, 2.45) is 5.73 Å². The minimum absolute atomic E-state index is 0.0528. The lowest BCUT2D eigenvalue weighted by atomic mass is 10.0. The zero-order valence-corrected chi connectivity index (χ0v) is 38.9. The van der Waals surface area contributed by atoms with Gasteiger partial charge in [-0.3, -0.25) is 18.6 Å². The largest absolute Gasteiger partial charge is 0.472 e. The lowest BCUT2D eigenvalue weighted by molar-refractivity contribution is -0.161. The molecule has 0 aromatic carbocycles. The van der Waals surface area contributed by atoms with E-state index in [-0.39, 0.29) is 38.6 Å². The van der Waals surface area contributed by atoms with Crippen molar-refractivity contribution in [3.63, 3.8) is 0 Å². The molecule has 0 aromatic rings. The first-order valence-electron chi connectivity index (χ1n) is 24.7. The molecular weight excluding hydrogens is 750 g/mol. The highest BCUT2D eigenvalue weighted by atomic mass is 31.2. The zero-order chi connectivity index (χ0) is 42.5. The van der Waals surface area contributed by atoms with E-state index >= 15 is 0 Å². The number of nitrogens with two attached hydrogens (primary N) is 1. The van der Waals surface area contributed by atoms with Gasteiger partial charge in [0, 0.05) is 19.4 Å². The Balaban J connectivity index is 4.03. The average molecular weight is 844 g/mol. The smallest absolute Gasteiger partial charge is 0.462 e. The van der Waals surface area contributed by atoms with E-state index in [1.807, 2.05) is 0 Å². The van der Waals surface area contributed by atoms with E-state index in [0.29, 0.717) is 6.42 Å². The molecule has 0 rings (SSSR count). The number of hydrogen-bond donors (Lipinski definition) is 2. The lowest BCUT2D eigenvalue weighted by Crippen LogP contribution is -2.29. The number of carbonyl (C=O) groups is 2. The van der Waals surface area contributed by atoms with Crippen molar-refractivity contribution in [3.05, 3.63) is 12.2 Å². The molecule has 0 aliphatic rings. The summed E-state index contributed by atoms with van der Waals surface area (Å²) in [5.41, 5.74) is 5.36. The van der Waals surface area contributed by atoms with Crippen molar-refractivity contribution in [2.75, 3.05) is 26.4 Å². The van der Waals surface area contributed by atoms with Crippen LogP contribution < -0.4 is 5.73 Å². The fourth-order valence-electron chi connectivity index (χ4n) is 7.23. The molecule has 0 amide bonds. The van der Waals surface area contributed by atoms with E-state index in [9.17, 15) is 19.0 Å². The van der Waals surface area contributed by atoms with Crippen LogP contribution in [-0.2, 0) is 32.7 Å². The highest BCUT2D eigenvalue weighted by molar-refractivity contribution is 7.47. The van der Waals surface area contributed by atoms with Gasteiger partial charge in [0.25, 0.3) is 0 Å². The highest BCUT2D eigenvalue weighted by Crippen LogP contribution is 2.43. The predicted molar refractivity (Wildman–Crippen MR) is 243 cm³/mol. The van der Waals surface area contributed by atoms with Gasteiger partial charge in [-0.05, 0) is 32.1 Å². The fraction of sp³-hybridized carbons (Fsp3) is 0.917. The molecule has 0 saturated carbocycles. The maximum absolute atomic E-state index is 12.6.